The van der Waals surface area contributed by atoms with Crippen LogP contribution < -0.4 is 5.32 Å². The van der Waals surface area contributed by atoms with Gasteiger partial charge in [0.1, 0.15) is 5.75 Å². The van der Waals surface area contributed by atoms with Crippen molar-refractivity contribution in [1.82, 2.24) is 10.3 Å². The molecule has 0 bridgehead atoms. The molecule has 4 heteroatoms. The fraction of sp³-hybridized carbons (Fsp3) is 0.222. The summed E-state index contributed by atoms with van der Waals surface area (Å²) in [6.45, 7) is 4.31. The minimum absolute atomic E-state index is 0.129. The van der Waals surface area contributed by atoms with Crippen molar-refractivity contribution in [1.29, 1.82) is 0 Å². The van der Waals surface area contributed by atoms with Gasteiger partial charge in [-0.15, -0.1) is 0 Å². The maximum Gasteiger partial charge on any atom is 0.244 e. The summed E-state index contributed by atoms with van der Waals surface area (Å²) in [6, 6.07) is 7.60. The molecule has 0 aliphatic heterocycles. The molecule has 0 fully saturated rings. The van der Waals surface area contributed by atoms with Crippen LogP contribution in [0.1, 0.15) is 22.3 Å². The van der Waals surface area contributed by atoms with Gasteiger partial charge in [0.2, 0.25) is 5.91 Å². The van der Waals surface area contributed by atoms with E-state index in [0.717, 1.165) is 28.7 Å². The Kier molecular flexibility index (Phi) is 5.31. The van der Waals surface area contributed by atoms with Crippen molar-refractivity contribution in [3.8, 4) is 5.75 Å². The van der Waals surface area contributed by atoms with Crippen LogP contribution in [0.3, 0.4) is 0 Å². The molecule has 0 unspecified atom stereocenters. The number of phenols is 1. The molecule has 2 aromatic rings. The highest BCUT2D eigenvalue weighted by molar-refractivity contribution is 5.91. The molecule has 0 aliphatic carbocycles. The van der Waals surface area contributed by atoms with E-state index >= 15 is 0 Å². The Labute approximate surface area is 130 Å². The van der Waals surface area contributed by atoms with Crippen LogP contribution in [-0.4, -0.2) is 22.5 Å². The minimum Gasteiger partial charge on any atom is -0.507 e. The predicted molar refractivity (Wildman–Crippen MR) is 87.6 cm³/mol. The lowest BCUT2D eigenvalue weighted by molar-refractivity contribution is -0.116. The van der Waals surface area contributed by atoms with Crippen LogP contribution in [0.25, 0.3) is 6.08 Å². The number of phenolic OH excluding ortho intramolecular Hbond substituents is 1. The highest BCUT2D eigenvalue weighted by atomic mass is 16.3. The number of nitrogens with zero attached hydrogens (tertiary/aromatic N) is 1. The Morgan fingerprint density at radius 3 is 2.68 bits per heavy atom. The van der Waals surface area contributed by atoms with Crippen molar-refractivity contribution in [2.75, 3.05) is 6.54 Å². The molecule has 22 heavy (non-hydrogen) atoms. The van der Waals surface area contributed by atoms with Gasteiger partial charge in [0, 0.05) is 25.0 Å². The molecule has 1 heterocycles. The first kappa shape index (κ1) is 15.8. The molecular weight excluding hydrogens is 276 g/mol. The molecule has 2 N–H and O–H groups in total. The molecule has 0 spiro atoms. The minimum atomic E-state index is -0.129. The monoisotopic (exact) mass is 296 g/mol. The smallest absolute Gasteiger partial charge is 0.244 e. The summed E-state index contributed by atoms with van der Waals surface area (Å²) in [5.41, 5.74) is 3.71. The summed E-state index contributed by atoms with van der Waals surface area (Å²) in [4.78, 5) is 15.7. The van der Waals surface area contributed by atoms with Gasteiger partial charge in [0.05, 0.1) is 0 Å². The number of carbonyl (C=O) groups is 1. The number of aromatic hydroxyl groups is 1. The summed E-state index contributed by atoms with van der Waals surface area (Å²) in [5.74, 6) is 0.211. The van der Waals surface area contributed by atoms with Crippen molar-refractivity contribution in [3.05, 3.63) is 65.0 Å². The van der Waals surface area contributed by atoms with Gasteiger partial charge in [0.15, 0.2) is 0 Å². The third kappa shape index (κ3) is 4.45. The van der Waals surface area contributed by atoms with Crippen molar-refractivity contribution in [2.24, 2.45) is 0 Å². The summed E-state index contributed by atoms with van der Waals surface area (Å²) in [5, 5.41) is 12.6. The molecule has 0 saturated carbocycles. The van der Waals surface area contributed by atoms with Gasteiger partial charge in [-0.25, -0.2) is 0 Å². The topological polar surface area (TPSA) is 62.2 Å². The van der Waals surface area contributed by atoms with Crippen LogP contribution in [0.4, 0.5) is 0 Å². The Bertz CT molecular complexity index is 656. The zero-order valence-electron chi connectivity index (χ0n) is 12.8. The SMILES string of the molecule is Cc1cc(CCNC(=O)/C=C/c2cccnc2)cc(C)c1O. The lowest BCUT2D eigenvalue weighted by atomic mass is 10.0. The third-order valence-electron chi connectivity index (χ3n) is 3.38. The van der Waals surface area contributed by atoms with Crippen molar-refractivity contribution < 1.29 is 9.90 Å². The van der Waals surface area contributed by atoms with Crippen LogP contribution in [0.15, 0.2) is 42.7 Å². The van der Waals surface area contributed by atoms with E-state index in [1.165, 1.54) is 6.08 Å². The molecule has 1 aromatic carbocycles. The number of aromatic nitrogens is 1. The van der Waals surface area contributed by atoms with Crippen LogP contribution >= 0.6 is 0 Å². The van der Waals surface area contributed by atoms with Gasteiger partial charge in [-0.05, 0) is 54.7 Å². The first-order chi connectivity index (χ1) is 10.6. The second-order valence-corrected chi connectivity index (χ2v) is 5.24. The van der Waals surface area contributed by atoms with Crippen molar-refractivity contribution >= 4 is 12.0 Å². The normalized spacial score (nSPS) is 10.8. The second-order valence-electron chi connectivity index (χ2n) is 5.24. The predicted octanol–water partition coefficient (Wildman–Crippen LogP) is 2.78. The standard InChI is InChI=1S/C18H20N2O2/c1-13-10-16(11-14(2)18(13)22)7-9-20-17(21)6-5-15-4-3-8-19-12-15/h3-6,8,10-12,22H,7,9H2,1-2H3,(H,20,21)/b6-5+. The van der Waals surface area contributed by atoms with Crippen molar-refractivity contribution in [3.63, 3.8) is 0 Å². The Morgan fingerprint density at radius 1 is 1.32 bits per heavy atom. The van der Waals surface area contributed by atoms with E-state index in [9.17, 15) is 9.90 Å². The molecule has 0 atom stereocenters. The van der Waals surface area contributed by atoms with E-state index in [0.29, 0.717) is 12.3 Å². The van der Waals surface area contributed by atoms with Gasteiger partial charge in [-0.2, -0.15) is 0 Å². The summed E-state index contributed by atoms with van der Waals surface area (Å²) >= 11 is 0. The van der Waals surface area contributed by atoms with E-state index in [1.54, 1.807) is 18.5 Å². The van der Waals surface area contributed by atoms with E-state index in [4.69, 9.17) is 0 Å². The summed E-state index contributed by atoms with van der Waals surface area (Å²) in [7, 11) is 0. The Morgan fingerprint density at radius 2 is 2.05 bits per heavy atom. The fourth-order valence-corrected chi connectivity index (χ4v) is 2.23. The molecule has 1 aromatic heterocycles. The fourth-order valence-electron chi connectivity index (χ4n) is 2.23. The van der Waals surface area contributed by atoms with E-state index in [2.05, 4.69) is 10.3 Å². The molecule has 0 aliphatic rings. The highest BCUT2D eigenvalue weighted by Crippen LogP contribution is 2.22. The maximum absolute atomic E-state index is 11.7. The first-order valence-electron chi connectivity index (χ1n) is 7.21. The molecule has 0 saturated heterocycles. The number of aryl methyl sites for hydroxylation is 2. The van der Waals surface area contributed by atoms with E-state index < -0.39 is 0 Å². The highest BCUT2D eigenvalue weighted by Gasteiger charge is 2.03. The quantitative estimate of drug-likeness (QED) is 0.834. The molecular formula is C18H20N2O2. The summed E-state index contributed by atoms with van der Waals surface area (Å²) < 4.78 is 0. The van der Waals surface area contributed by atoms with Gasteiger partial charge < -0.3 is 10.4 Å². The van der Waals surface area contributed by atoms with Gasteiger partial charge in [-0.3, -0.25) is 9.78 Å². The number of nitrogens with one attached hydrogen (secondary N) is 1. The molecule has 114 valence electrons. The number of pyridine rings is 1. The number of hydrogen-bond donors (Lipinski definition) is 2. The van der Waals surface area contributed by atoms with Gasteiger partial charge >= 0.3 is 0 Å². The largest absolute Gasteiger partial charge is 0.507 e. The second kappa shape index (κ2) is 7.41. The van der Waals surface area contributed by atoms with Crippen LogP contribution in [0.5, 0.6) is 5.75 Å². The Hall–Kier alpha value is -2.62. The zero-order chi connectivity index (χ0) is 15.9. The molecule has 2 rings (SSSR count). The molecule has 0 radical (unpaired) electrons. The number of carbonyl (C=O) groups excluding carboxylic acids is 1. The molecule has 1 amide bonds. The summed E-state index contributed by atoms with van der Waals surface area (Å²) in [6.07, 6.45) is 7.36. The first-order valence-corrected chi connectivity index (χ1v) is 7.21. The third-order valence-corrected chi connectivity index (χ3v) is 3.38. The van der Waals surface area contributed by atoms with Crippen LogP contribution in [-0.2, 0) is 11.2 Å². The average molecular weight is 296 g/mol. The number of hydrogen-bond acceptors (Lipinski definition) is 3. The average Bonchev–Trinajstić information content (AvgIpc) is 2.51. The zero-order valence-corrected chi connectivity index (χ0v) is 12.8. The van der Waals surface area contributed by atoms with Crippen molar-refractivity contribution in [2.45, 2.75) is 20.3 Å². The van der Waals surface area contributed by atoms with Gasteiger partial charge in [-0.1, -0.05) is 18.2 Å². The number of amides is 1. The van der Waals surface area contributed by atoms with Crippen LogP contribution in [0.2, 0.25) is 0 Å². The van der Waals surface area contributed by atoms with E-state index in [1.807, 2.05) is 38.1 Å². The molecule has 4 nitrogen and oxygen atoms in total. The van der Waals surface area contributed by atoms with Crippen LogP contribution in [0, 0.1) is 13.8 Å². The lowest BCUT2D eigenvalue weighted by Gasteiger charge is -2.08. The van der Waals surface area contributed by atoms with Gasteiger partial charge in [0.25, 0.3) is 0 Å². The maximum atomic E-state index is 11.7. The number of benzene rings is 1. The Balaban J connectivity index is 1.83. The van der Waals surface area contributed by atoms with E-state index in [-0.39, 0.29) is 5.91 Å². The lowest BCUT2D eigenvalue weighted by Crippen LogP contribution is -2.23. The number of rotatable bonds is 5.